The molecule has 21 heavy (non-hydrogen) atoms. The molecule has 2 heteroatoms. The van der Waals surface area contributed by atoms with E-state index in [9.17, 15) is 0 Å². The minimum Gasteiger partial charge on any atom is -0.492 e. The highest BCUT2D eigenvalue weighted by atomic mass is 79.9. The van der Waals surface area contributed by atoms with Crippen LogP contribution >= 0.6 is 15.9 Å². The van der Waals surface area contributed by atoms with Gasteiger partial charge in [0.15, 0.2) is 0 Å². The van der Waals surface area contributed by atoms with Gasteiger partial charge >= 0.3 is 0 Å². The van der Waals surface area contributed by atoms with E-state index in [1.165, 1.54) is 5.56 Å². The molecule has 0 saturated carbocycles. The van der Waals surface area contributed by atoms with E-state index >= 15 is 0 Å². The normalized spacial score (nSPS) is 9.81. The zero-order chi connectivity index (χ0) is 14.9. The van der Waals surface area contributed by atoms with E-state index in [4.69, 9.17) is 4.74 Å². The van der Waals surface area contributed by atoms with Crippen LogP contribution in [0.1, 0.15) is 30.4 Å². The summed E-state index contributed by atoms with van der Waals surface area (Å²) in [5.41, 5.74) is 2.36. The van der Waals surface area contributed by atoms with Crippen molar-refractivity contribution in [1.29, 1.82) is 0 Å². The van der Waals surface area contributed by atoms with Crippen LogP contribution in [-0.4, -0.2) is 6.61 Å². The number of halogens is 1. The van der Waals surface area contributed by atoms with Gasteiger partial charge in [-0.15, -0.1) is 0 Å². The molecule has 1 nitrogen and oxygen atoms in total. The molecule has 0 aliphatic heterocycles. The summed E-state index contributed by atoms with van der Waals surface area (Å²) in [4.78, 5) is 0. The van der Waals surface area contributed by atoms with Crippen molar-refractivity contribution in [2.24, 2.45) is 0 Å². The van der Waals surface area contributed by atoms with E-state index in [0.29, 0.717) is 0 Å². The van der Waals surface area contributed by atoms with E-state index in [1.54, 1.807) is 0 Å². The van der Waals surface area contributed by atoms with Crippen LogP contribution in [0.25, 0.3) is 0 Å². The van der Waals surface area contributed by atoms with Crippen LogP contribution in [0.15, 0.2) is 53.0 Å². The van der Waals surface area contributed by atoms with Crippen LogP contribution in [0, 0.1) is 18.8 Å². The molecule has 0 atom stereocenters. The van der Waals surface area contributed by atoms with Crippen molar-refractivity contribution in [1.82, 2.24) is 0 Å². The lowest BCUT2D eigenvalue weighted by Crippen LogP contribution is -1.97. The number of rotatable bonds is 5. The maximum atomic E-state index is 5.72. The van der Waals surface area contributed by atoms with Crippen LogP contribution < -0.4 is 4.74 Å². The third-order valence-electron chi connectivity index (χ3n) is 3.07. The highest BCUT2D eigenvalue weighted by Crippen LogP contribution is 2.23. The molecule has 0 N–H and O–H groups in total. The summed E-state index contributed by atoms with van der Waals surface area (Å²) in [5.74, 6) is 7.31. The first-order valence-electron chi connectivity index (χ1n) is 7.18. The number of unbranched alkanes of at least 4 members (excludes halogenated alkanes) is 2. The molecule has 108 valence electrons. The van der Waals surface area contributed by atoms with Crippen molar-refractivity contribution < 1.29 is 4.74 Å². The predicted octanol–water partition coefficient (Wildman–Crippen LogP) is 5.36. The van der Waals surface area contributed by atoms with Gasteiger partial charge in [-0.1, -0.05) is 41.7 Å². The van der Waals surface area contributed by atoms with Gasteiger partial charge in [-0.05, 0) is 60.0 Å². The summed E-state index contributed by atoms with van der Waals surface area (Å²) >= 11 is 3.47. The minimum absolute atomic E-state index is 0.731. The van der Waals surface area contributed by atoms with E-state index < -0.39 is 0 Å². The SMILES string of the molecule is Cc1ccc(C#CCCCCOc2ccccc2Br)cc1. The molecule has 0 amide bonds. The van der Waals surface area contributed by atoms with Crippen molar-refractivity contribution in [2.75, 3.05) is 6.61 Å². The van der Waals surface area contributed by atoms with Crippen LogP contribution in [0.4, 0.5) is 0 Å². The minimum atomic E-state index is 0.731. The van der Waals surface area contributed by atoms with Crippen molar-refractivity contribution in [2.45, 2.75) is 26.2 Å². The van der Waals surface area contributed by atoms with Gasteiger partial charge in [-0.3, -0.25) is 0 Å². The molecule has 0 heterocycles. The van der Waals surface area contributed by atoms with Crippen LogP contribution in [0.2, 0.25) is 0 Å². The van der Waals surface area contributed by atoms with Crippen molar-refractivity contribution in [3.05, 3.63) is 64.1 Å². The summed E-state index contributed by atoms with van der Waals surface area (Å²) in [6, 6.07) is 16.2. The zero-order valence-electron chi connectivity index (χ0n) is 12.2. The molecule has 2 rings (SSSR count). The fourth-order valence-electron chi connectivity index (χ4n) is 1.86. The average molecular weight is 343 g/mol. The largest absolute Gasteiger partial charge is 0.492 e. The molecule has 0 aliphatic rings. The Morgan fingerprint density at radius 3 is 2.52 bits per heavy atom. The van der Waals surface area contributed by atoms with Gasteiger partial charge in [0, 0.05) is 12.0 Å². The highest BCUT2D eigenvalue weighted by Gasteiger charge is 1.97. The third kappa shape index (κ3) is 5.65. The molecule has 0 spiro atoms. The van der Waals surface area contributed by atoms with Gasteiger partial charge in [0.25, 0.3) is 0 Å². The van der Waals surface area contributed by atoms with Crippen LogP contribution in [-0.2, 0) is 0 Å². The molecule has 0 aliphatic carbocycles. The fraction of sp³-hybridized carbons (Fsp3) is 0.263. The second-order valence-corrected chi connectivity index (χ2v) is 5.76. The topological polar surface area (TPSA) is 9.23 Å². The summed E-state index contributed by atoms with van der Waals surface area (Å²) < 4.78 is 6.72. The lowest BCUT2D eigenvalue weighted by molar-refractivity contribution is 0.306. The predicted molar refractivity (Wildman–Crippen MR) is 91.5 cm³/mol. The summed E-state index contributed by atoms with van der Waals surface area (Å²) in [6.07, 6.45) is 2.99. The Hall–Kier alpha value is -1.72. The van der Waals surface area contributed by atoms with Crippen molar-refractivity contribution in [3.8, 4) is 17.6 Å². The van der Waals surface area contributed by atoms with Gasteiger partial charge in [0.1, 0.15) is 5.75 Å². The quantitative estimate of drug-likeness (QED) is 0.525. The van der Waals surface area contributed by atoms with Gasteiger partial charge in [-0.25, -0.2) is 0 Å². The summed E-state index contributed by atoms with van der Waals surface area (Å²) in [6.45, 7) is 2.82. The first kappa shape index (κ1) is 15.7. The van der Waals surface area contributed by atoms with Crippen LogP contribution in [0.3, 0.4) is 0 Å². The highest BCUT2D eigenvalue weighted by molar-refractivity contribution is 9.10. The standard InChI is InChI=1S/C19H19BrO/c1-16-11-13-17(14-12-16)8-4-2-3-7-15-21-19-10-6-5-9-18(19)20/h5-6,9-14H,2-3,7,15H2,1H3. The number of ether oxygens (including phenoxy) is 1. The molecule has 2 aromatic carbocycles. The molecule has 0 fully saturated rings. The van der Waals surface area contributed by atoms with E-state index in [-0.39, 0.29) is 0 Å². The lowest BCUT2D eigenvalue weighted by Gasteiger charge is -2.06. The number of aryl methyl sites for hydroxylation is 1. The maximum Gasteiger partial charge on any atom is 0.133 e. The molecular weight excluding hydrogens is 324 g/mol. The summed E-state index contributed by atoms with van der Waals surface area (Å²) in [5, 5.41) is 0. The Bertz CT molecular complexity index is 620. The number of para-hydroxylation sites is 1. The molecular formula is C19H19BrO. The molecule has 2 aromatic rings. The van der Waals surface area contributed by atoms with Crippen molar-refractivity contribution >= 4 is 15.9 Å². The van der Waals surface area contributed by atoms with Gasteiger partial charge in [-0.2, -0.15) is 0 Å². The third-order valence-corrected chi connectivity index (χ3v) is 3.73. The molecule has 0 bridgehead atoms. The molecule has 0 unspecified atom stereocenters. The maximum absolute atomic E-state index is 5.72. The monoisotopic (exact) mass is 342 g/mol. The van der Waals surface area contributed by atoms with E-state index in [0.717, 1.165) is 41.7 Å². The number of hydrogen-bond donors (Lipinski definition) is 0. The first-order valence-corrected chi connectivity index (χ1v) is 7.98. The Morgan fingerprint density at radius 2 is 1.76 bits per heavy atom. The zero-order valence-corrected chi connectivity index (χ0v) is 13.8. The molecule has 0 radical (unpaired) electrons. The van der Waals surface area contributed by atoms with Gasteiger partial charge in [0.2, 0.25) is 0 Å². The van der Waals surface area contributed by atoms with Gasteiger partial charge < -0.3 is 4.74 Å². The lowest BCUT2D eigenvalue weighted by atomic mass is 10.1. The Kier molecular flexibility index (Phi) is 6.37. The number of hydrogen-bond acceptors (Lipinski definition) is 1. The average Bonchev–Trinajstić information content (AvgIpc) is 2.50. The molecule has 0 saturated heterocycles. The molecule has 0 aromatic heterocycles. The van der Waals surface area contributed by atoms with Crippen molar-refractivity contribution in [3.63, 3.8) is 0 Å². The second-order valence-electron chi connectivity index (χ2n) is 4.90. The Labute approximate surface area is 135 Å². The fourth-order valence-corrected chi connectivity index (χ4v) is 2.26. The summed E-state index contributed by atoms with van der Waals surface area (Å²) in [7, 11) is 0. The Balaban J connectivity index is 1.65. The van der Waals surface area contributed by atoms with Crippen LogP contribution in [0.5, 0.6) is 5.75 Å². The second kappa shape index (κ2) is 8.54. The van der Waals surface area contributed by atoms with Gasteiger partial charge in [0.05, 0.1) is 11.1 Å². The Morgan fingerprint density at radius 1 is 1.00 bits per heavy atom. The van der Waals surface area contributed by atoms with E-state index in [2.05, 4.69) is 59.0 Å². The number of benzene rings is 2. The first-order chi connectivity index (χ1) is 10.3. The van der Waals surface area contributed by atoms with E-state index in [1.807, 2.05) is 24.3 Å². The smallest absolute Gasteiger partial charge is 0.133 e.